The number of hydrogen-bond acceptors (Lipinski definition) is 1. The zero-order valence-corrected chi connectivity index (χ0v) is 9.82. The average molecular weight is 213 g/mol. The summed E-state index contributed by atoms with van der Waals surface area (Å²) in [5.74, 6) is 0. The van der Waals surface area contributed by atoms with Crippen LogP contribution in [0.25, 0.3) is 6.08 Å². The van der Waals surface area contributed by atoms with Gasteiger partial charge in [-0.2, -0.15) is 0 Å². The number of aryl methyl sites for hydroxylation is 1. The Bertz CT molecular complexity index is 400. The highest BCUT2D eigenvalue weighted by Crippen LogP contribution is 2.12. The maximum absolute atomic E-state index is 5.38. The molecule has 0 saturated heterocycles. The van der Waals surface area contributed by atoms with E-state index < -0.39 is 0 Å². The van der Waals surface area contributed by atoms with Crippen LogP contribution in [0, 0.1) is 0 Å². The molecule has 0 bridgehead atoms. The van der Waals surface area contributed by atoms with Crippen LogP contribution >= 0.6 is 0 Å². The van der Waals surface area contributed by atoms with E-state index in [1.54, 1.807) is 6.20 Å². The van der Waals surface area contributed by atoms with Gasteiger partial charge in [0.15, 0.2) is 0 Å². The van der Waals surface area contributed by atoms with E-state index in [0.29, 0.717) is 0 Å². The Hall–Kier alpha value is -1.76. The van der Waals surface area contributed by atoms with Gasteiger partial charge < -0.3 is 5.73 Å². The number of allylic oxidation sites excluding steroid dienone is 3. The summed E-state index contributed by atoms with van der Waals surface area (Å²) >= 11 is 0. The third-order valence-electron chi connectivity index (χ3n) is 2.50. The molecule has 0 amide bonds. The van der Waals surface area contributed by atoms with E-state index in [9.17, 15) is 0 Å². The van der Waals surface area contributed by atoms with Crippen LogP contribution in [-0.4, -0.2) is 0 Å². The molecule has 84 valence electrons. The average Bonchev–Trinajstić information content (AvgIpc) is 2.34. The number of nitrogens with two attached hydrogens (primary N) is 1. The predicted molar refractivity (Wildman–Crippen MR) is 71.9 cm³/mol. The summed E-state index contributed by atoms with van der Waals surface area (Å²) in [6, 6.07) is 8.35. The Morgan fingerprint density at radius 1 is 1.38 bits per heavy atom. The van der Waals surface area contributed by atoms with Crippen LogP contribution in [0.4, 0.5) is 0 Å². The molecule has 1 rings (SSSR count). The van der Waals surface area contributed by atoms with E-state index >= 15 is 0 Å². The maximum Gasteiger partial charge on any atom is -0.00327 e. The van der Waals surface area contributed by atoms with Crippen LogP contribution in [0.15, 0.2) is 54.8 Å². The van der Waals surface area contributed by atoms with Gasteiger partial charge in [-0.05, 0) is 42.7 Å². The van der Waals surface area contributed by atoms with Crippen molar-refractivity contribution in [2.24, 2.45) is 5.73 Å². The lowest BCUT2D eigenvalue weighted by atomic mass is 10.0. The summed E-state index contributed by atoms with van der Waals surface area (Å²) in [7, 11) is 0. The standard InChI is InChI=1S/C15H19N/c1-3-14-9-6-7-11-15(14)10-5-4-8-13(2)12-16/h3-4,6-9,11-12H,1,5,10,16H2,2H3/b8-4-,13-12-. The van der Waals surface area contributed by atoms with Gasteiger partial charge >= 0.3 is 0 Å². The summed E-state index contributed by atoms with van der Waals surface area (Å²) in [6.07, 6.45) is 9.79. The van der Waals surface area contributed by atoms with Gasteiger partial charge in [0, 0.05) is 0 Å². The molecule has 0 heterocycles. The molecule has 0 aliphatic rings. The van der Waals surface area contributed by atoms with Crippen LogP contribution < -0.4 is 5.73 Å². The van der Waals surface area contributed by atoms with Crippen molar-refractivity contribution in [3.05, 3.63) is 65.9 Å². The molecule has 0 aliphatic heterocycles. The fraction of sp³-hybridized carbons (Fsp3) is 0.200. The van der Waals surface area contributed by atoms with Crippen LogP contribution in [0.3, 0.4) is 0 Å². The molecule has 0 aromatic heterocycles. The molecule has 0 radical (unpaired) electrons. The lowest BCUT2D eigenvalue weighted by Gasteiger charge is -2.03. The molecule has 0 unspecified atom stereocenters. The van der Waals surface area contributed by atoms with E-state index in [-0.39, 0.29) is 0 Å². The van der Waals surface area contributed by atoms with E-state index in [4.69, 9.17) is 5.73 Å². The lowest BCUT2D eigenvalue weighted by Crippen LogP contribution is -1.87. The normalized spacial score (nSPS) is 11.9. The highest BCUT2D eigenvalue weighted by atomic mass is 14.5. The first-order chi connectivity index (χ1) is 7.77. The van der Waals surface area contributed by atoms with Gasteiger partial charge in [0.25, 0.3) is 0 Å². The van der Waals surface area contributed by atoms with Crippen molar-refractivity contribution in [1.82, 2.24) is 0 Å². The van der Waals surface area contributed by atoms with Crippen molar-refractivity contribution in [3.8, 4) is 0 Å². The number of rotatable bonds is 5. The molecule has 1 aromatic carbocycles. The molecule has 0 spiro atoms. The topological polar surface area (TPSA) is 26.0 Å². The molecule has 0 fully saturated rings. The first-order valence-corrected chi connectivity index (χ1v) is 5.53. The van der Waals surface area contributed by atoms with Gasteiger partial charge in [0.2, 0.25) is 0 Å². The second-order valence-electron chi connectivity index (χ2n) is 3.75. The first-order valence-electron chi connectivity index (χ1n) is 5.53. The Balaban J connectivity index is 2.55. The number of hydrogen-bond donors (Lipinski definition) is 1. The molecule has 1 aromatic rings. The Kier molecular flexibility index (Phi) is 5.13. The zero-order chi connectivity index (χ0) is 11.8. The first kappa shape index (κ1) is 12.3. The molecular weight excluding hydrogens is 194 g/mol. The smallest absolute Gasteiger partial charge is 0.00327 e. The molecule has 1 heteroatoms. The van der Waals surface area contributed by atoms with Crippen LogP contribution in [-0.2, 0) is 6.42 Å². The number of benzene rings is 1. The third-order valence-corrected chi connectivity index (χ3v) is 2.50. The van der Waals surface area contributed by atoms with Gasteiger partial charge in [-0.25, -0.2) is 0 Å². The minimum absolute atomic E-state index is 1.02. The van der Waals surface area contributed by atoms with Gasteiger partial charge in [-0.1, -0.05) is 49.1 Å². The van der Waals surface area contributed by atoms with Crippen molar-refractivity contribution < 1.29 is 0 Å². The second-order valence-corrected chi connectivity index (χ2v) is 3.75. The highest BCUT2D eigenvalue weighted by molar-refractivity contribution is 5.51. The van der Waals surface area contributed by atoms with Crippen molar-refractivity contribution in [2.75, 3.05) is 0 Å². The van der Waals surface area contributed by atoms with Gasteiger partial charge in [-0.15, -0.1) is 0 Å². The van der Waals surface area contributed by atoms with Crippen LogP contribution in [0.1, 0.15) is 24.5 Å². The fourth-order valence-electron chi connectivity index (χ4n) is 1.52. The molecule has 16 heavy (non-hydrogen) atoms. The lowest BCUT2D eigenvalue weighted by molar-refractivity contribution is 0.996. The van der Waals surface area contributed by atoms with Crippen molar-refractivity contribution in [1.29, 1.82) is 0 Å². The molecule has 2 N–H and O–H groups in total. The molecule has 0 aliphatic carbocycles. The van der Waals surface area contributed by atoms with Crippen molar-refractivity contribution >= 4 is 6.08 Å². The van der Waals surface area contributed by atoms with Gasteiger partial charge in [-0.3, -0.25) is 0 Å². The molecule has 0 atom stereocenters. The van der Waals surface area contributed by atoms with Crippen molar-refractivity contribution in [2.45, 2.75) is 19.8 Å². The van der Waals surface area contributed by atoms with Gasteiger partial charge in [0.1, 0.15) is 0 Å². The Morgan fingerprint density at radius 2 is 2.12 bits per heavy atom. The summed E-state index contributed by atoms with van der Waals surface area (Å²) < 4.78 is 0. The van der Waals surface area contributed by atoms with Crippen LogP contribution in [0.2, 0.25) is 0 Å². The quantitative estimate of drug-likeness (QED) is 0.742. The fourth-order valence-corrected chi connectivity index (χ4v) is 1.52. The summed E-state index contributed by atoms with van der Waals surface area (Å²) in [4.78, 5) is 0. The van der Waals surface area contributed by atoms with E-state index in [2.05, 4.69) is 36.9 Å². The minimum Gasteiger partial charge on any atom is -0.404 e. The highest BCUT2D eigenvalue weighted by Gasteiger charge is 1.95. The summed E-state index contributed by atoms with van der Waals surface area (Å²) in [6.45, 7) is 5.81. The summed E-state index contributed by atoms with van der Waals surface area (Å²) in [5.41, 5.74) is 9.05. The van der Waals surface area contributed by atoms with Gasteiger partial charge in [0.05, 0.1) is 0 Å². The SMILES string of the molecule is C=Cc1ccccc1CC/C=C\C(C)=C/N. The van der Waals surface area contributed by atoms with Crippen LogP contribution in [0.5, 0.6) is 0 Å². The Labute approximate surface area is 98.0 Å². The Morgan fingerprint density at radius 3 is 2.81 bits per heavy atom. The predicted octanol–water partition coefficient (Wildman–Crippen LogP) is 3.68. The monoisotopic (exact) mass is 213 g/mol. The molecular formula is C15H19N. The zero-order valence-electron chi connectivity index (χ0n) is 9.82. The van der Waals surface area contributed by atoms with E-state index in [1.165, 1.54) is 11.1 Å². The maximum atomic E-state index is 5.38. The third kappa shape index (κ3) is 3.77. The van der Waals surface area contributed by atoms with E-state index in [0.717, 1.165) is 18.4 Å². The molecule has 0 saturated carbocycles. The largest absolute Gasteiger partial charge is 0.404 e. The minimum atomic E-state index is 1.02. The molecule has 1 nitrogen and oxygen atoms in total. The second kappa shape index (κ2) is 6.67. The summed E-state index contributed by atoms with van der Waals surface area (Å²) in [5, 5.41) is 0. The van der Waals surface area contributed by atoms with Crippen molar-refractivity contribution in [3.63, 3.8) is 0 Å². The van der Waals surface area contributed by atoms with E-state index in [1.807, 2.05) is 19.1 Å².